The second kappa shape index (κ2) is 8.01. The largest absolute Gasteiger partial charge is 0.382 e. The number of nitrogens with two attached hydrogens (primary N) is 1. The molecule has 1 aliphatic heterocycles. The molecular formula is C23H24N8O. The average molecular weight is 429 g/mol. The molecule has 3 aromatic heterocycles. The summed E-state index contributed by atoms with van der Waals surface area (Å²) >= 11 is 0. The molecule has 0 spiro atoms. The van der Waals surface area contributed by atoms with Gasteiger partial charge in [-0.15, -0.1) is 0 Å². The van der Waals surface area contributed by atoms with E-state index in [4.69, 9.17) is 10.7 Å². The summed E-state index contributed by atoms with van der Waals surface area (Å²) in [6.45, 7) is 4.71. The molecule has 0 unspecified atom stereocenters. The summed E-state index contributed by atoms with van der Waals surface area (Å²) in [5.74, 6) is 1.38. The van der Waals surface area contributed by atoms with E-state index in [0.717, 1.165) is 53.4 Å². The van der Waals surface area contributed by atoms with Crippen molar-refractivity contribution in [2.45, 2.75) is 32.7 Å². The van der Waals surface area contributed by atoms with Crippen LogP contribution in [-0.2, 0) is 0 Å². The number of fused-ring (bicyclic) bond motifs is 1. The molecule has 0 saturated carbocycles. The van der Waals surface area contributed by atoms with Crippen molar-refractivity contribution in [1.82, 2.24) is 29.7 Å². The Morgan fingerprint density at radius 1 is 1.16 bits per heavy atom. The fraction of sp³-hybridized carbons (Fsp3) is 0.261. The molecule has 4 heterocycles. The number of imidazole rings is 1. The van der Waals surface area contributed by atoms with Gasteiger partial charge in [0, 0.05) is 34.9 Å². The first-order chi connectivity index (χ1) is 15.5. The molecule has 5 rings (SSSR count). The van der Waals surface area contributed by atoms with Gasteiger partial charge < -0.3 is 11.1 Å². The fourth-order valence-corrected chi connectivity index (χ4v) is 4.17. The lowest BCUT2D eigenvalue weighted by molar-refractivity contribution is 0.102. The topological polar surface area (TPSA) is 123 Å². The van der Waals surface area contributed by atoms with Gasteiger partial charge in [0.05, 0.1) is 6.04 Å². The van der Waals surface area contributed by atoms with Gasteiger partial charge >= 0.3 is 0 Å². The molecule has 0 radical (unpaired) electrons. The van der Waals surface area contributed by atoms with Crippen LogP contribution in [0.4, 0.5) is 11.8 Å². The van der Waals surface area contributed by atoms with E-state index in [1.54, 1.807) is 18.3 Å². The van der Waals surface area contributed by atoms with Gasteiger partial charge in [0.2, 0.25) is 5.95 Å². The van der Waals surface area contributed by atoms with Crippen LogP contribution in [0, 0.1) is 13.8 Å². The summed E-state index contributed by atoms with van der Waals surface area (Å²) in [4.78, 5) is 30.4. The minimum Gasteiger partial charge on any atom is -0.382 e. The molecule has 1 amide bonds. The highest BCUT2D eigenvalue weighted by molar-refractivity contribution is 6.03. The number of amides is 1. The average Bonchev–Trinajstić information content (AvgIpc) is 3.41. The van der Waals surface area contributed by atoms with E-state index in [0.29, 0.717) is 17.3 Å². The minimum atomic E-state index is -0.270. The van der Waals surface area contributed by atoms with E-state index in [1.807, 2.05) is 42.6 Å². The third-order valence-electron chi connectivity index (χ3n) is 5.61. The molecular weight excluding hydrogens is 404 g/mol. The van der Waals surface area contributed by atoms with Crippen LogP contribution < -0.4 is 16.4 Å². The maximum Gasteiger partial charge on any atom is 0.258 e. The molecule has 1 fully saturated rings. The van der Waals surface area contributed by atoms with E-state index in [9.17, 15) is 4.79 Å². The number of hydrogen-bond donors (Lipinski definition) is 3. The van der Waals surface area contributed by atoms with Gasteiger partial charge in [-0.3, -0.25) is 14.5 Å². The summed E-state index contributed by atoms with van der Waals surface area (Å²) in [5, 5.41) is 6.25. The molecule has 1 aromatic carbocycles. The molecule has 0 aliphatic carbocycles. The molecule has 1 atom stereocenters. The van der Waals surface area contributed by atoms with Gasteiger partial charge in [-0.25, -0.2) is 19.9 Å². The number of carbonyl (C=O) groups excluding carboxylic acids is 1. The first-order valence-corrected chi connectivity index (χ1v) is 10.6. The van der Waals surface area contributed by atoms with Crippen LogP contribution in [0.15, 0.2) is 42.7 Å². The van der Waals surface area contributed by atoms with Crippen molar-refractivity contribution in [3.8, 4) is 11.3 Å². The quantitative estimate of drug-likeness (QED) is 0.456. The van der Waals surface area contributed by atoms with Crippen LogP contribution in [-0.4, -0.2) is 36.8 Å². The fourth-order valence-electron chi connectivity index (χ4n) is 4.17. The van der Waals surface area contributed by atoms with E-state index < -0.39 is 0 Å². The summed E-state index contributed by atoms with van der Waals surface area (Å²) in [6.07, 6.45) is 5.72. The number of nitrogens with zero attached hydrogens (tertiary/aromatic N) is 5. The van der Waals surface area contributed by atoms with Crippen molar-refractivity contribution in [2.24, 2.45) is 0 Å². The SMILES string of the molecule is Cc1cc(C)nc(NC(=O)c2ccc(-c3nc([C@@H]4CCCN4)n4ccnc(N)c34)cc2)n1. The summed E-state index contributed by atoms with van der Waals surface area (Å²) in [6, 6.07) is 9.31. The van der Waals surface area contributed by atoms with Crippen LogP contribution in [0.2, 0.25) is 0 Å². The van der Waals surface area contributed by atoms with Crippen molar-refractivity contribution >= 4 is 23.2 Å². The predicted octanol–water partition coefficient (Wildman–Crippen LogP) is 3.06. The number of carbonyl (C=O) groups is 1. The predicted molar refractivity (Wildman–Crippen MR) is 122 cm³/mol. The number of nitrogen functional groups attached to an aromatic ring is 1. The van der Waals surface area contributed by atoms with E-state index in [2.05, 4.69) is 25.6 Å². The first kappa shape index (κ1) is 20.1. The maximum absolute atomic E-state index is 12.7. The Bertz CT molecular complexity index is 1290. The van der Waals surface area contributed by atoms with Gasteiger partial charge in [-0.05, 0) is 51.4 Å². The van der Waals surface area contributed by atoms with Gasteiger partial charge in [-0.1, -0.05) is 12.1 Å². The monoisotopic (exact) mass is 428 g/mol. The third kappa shape index (κ3) is 3.67. The number of aromatic nitrogens is 5. The standard InChI is InChI=1S/C23H24N8O/c1-13-12-14(2)28-23(27-13)30-22(32)16-7-5-15(6-8-16)18-19-20(24)26-10-11-31(19)21(29-18)17-4-3-9-25-17/h5-8,10-12,17,25H,3-4,9H2,1-2H3,(H2,24,26)(H,27,28,30,32)/t17-/m0/s1. The van der Waals surface area contributed by atoms with E-state index >= 15 is 0 Å². The zero-order chi connectivity index (χ0) is 22.2. The molecule has 4 N–H and O–H groups in total. The minimum absolute atomic E-state index is 0.181. The Balaban J connectivity index is 1.47. The van der Waals surface area contributed by atoms with Gasteiger partial charge in [-0.2, -0.15) is 0 Å². The molecule has 4 aromatic rings. The van der Waals surface area contributed by atoms with Gasteiger partial charge in [0.1, 0.15) is 22.9 Å². The van der Waals surface area contributed by atoms with Crippen molar-refractivity contribution in [3.05, 3.63) is 65.5 Å². The summed E-state index contributed by atoms with van der Waals surface area (Å²) < 4.78 is 2.01. The molecule has 1 saturated heterocycles. The van der Waals surface area contributed by atoms with E-state index in [-0.39, 0.29) is 11.9 Å². The molecule has 9 heteroatoms. The number of nitrogens with one attached hydrogen (secondary N) is 2. The Labute approximate surface area is 185 Å². The van der Waals surface area contributed by atoms with Crippen molar-refractivity contribution in [3.63, 3.8) is 0 Å². The Hall–Kier alpha value is -3.85. The second-order valence-electron chi connectivity index (χ2n) is 8.00. The summed E-state index contributed by atoms with van der Waals surface area (Å²) in [5.41, 5.74) is 10.7. The molecule has 1 aliphatic rings. The molecule has 162 valence electrons. The van der Waals surface area contributed by atoms with Crippen molar-refractivity contribution in [1.29, 1.82) is 0 Å². The van der Waals surface area contributed by atoms with Crippen LogP contribution in [0.1, 0.15) is 46.5 Å². The van der Waals surface area contributed by atoms with Crippen LogP contribution in [0.3, 0.4) is 0 Å². The molecule has 32 heavy (non-hydrogen) atoms. The Kier molecular flexibility index (Phi) is 5.02. The van der Waals surface area contributed by atoms with Crippen molar-refractivity contribution < 1.29 is 4.79 Å². The number of rotatable bonds is 4. The van der Waals surface area contributed by atoms with Crippen molar-refractivity contribution in [2.75, 3.05) is 17.6 Å². The highest BCUT2D eigenvalue weighted by Gasteiger charge is 2.24. The molecule has 0 bridgehead atoms. The maximum atomic E-state index is 12.7. The Morgan fingerprint density at radius 3 is 2.59 bits per heavy atom. The lowest BCUT2D eigenvalue weighted by Crippen LogP contribution is -2.16. The zero-order valence-corrected chi connectivity index (χ0v) is 18.0. The van der Waals surface area contributed by atoms with Crippen LogP contribution >= 0.6 is 0 Å². The normalized spacial score (nSPS) is 15.9. The van der Waals surface area contributed by atoms with Gasteiger partial charge in [0.25, 0.3) is 5.91 Å². The first-order valence-electron chi connectivity index (χ1n) is 10.6. The number of aryl methyl sites for hydroxylation is 2. The lowest BCUT2D eigenvalue weighted by Gasteiger charge is -2.08. The summed E-state index contributed by atoms with van der Waals surface area (Å²) in [7, 11) is 0. The smallest absolute Gasteiger partial charge is 0.258 e. The van der Waals surface area contributed by atoms with E-state index in [1.165, 1.54) is 0 Å². The number of anilines is 2. The van der Waals surface area contributed by atoms with Crippen LogP contribution in [0.5, 0.6) is 0 Å². The number of hydrogen-bond acceptors (Lipinski definition) is 7. The highest BCUT2D eigenvalue weighted by Crippen LogP contribution is 2.32. The Morgan fingerprint density at radius 2 is 1.91 bits per heavy atom. The zero-order valence-electron chi connectivity index (χ0n) is 18.0. The molecule has 9 nitrogen and oxygen atoms in total. The number of benzene rings is 1. The second-order valence-corrected chi connectivity index (χ2v) is 8.00. The van der Waals surface area contributed by atoms with Gasteiger partial charge in [0.15, 0.2) is 0 Å². The van der Waals surface area contributed by atoms with Crippen LogP contribution in [0.25, 0.3) is 16.8 Å². The third-order valence-corrected chi connectivity index (χ3v) is 5.61. The highest BCUT2D eigenvalue weighted by atomic mass is 16.1. The lowest BCUT2D eigenvalue weighted by atomic mass is 10.1.